The van der Waals surface area contributed by atoms with Gasteiger partial charge in [-0.15, -0.1) is 0 Å². The predicted molar refractivity (Wildman–Crippen MR) is 73.9 cm³/mol. The number of amides is 1. The fraction of sp³-hybridized carbons (Fsp3) is 0.308. The highest BCUT2D eigenvalue weighted by Gasteiger charge is 2.16. The molecule has 0 fully saturated rings. The monoisotopic (exact) mass is 275 g/mol. The average Bonchev–Trinajstić information content (AvgIpc) is 2.78. The molecule has 0 saturated heterocycles. The highest BCUT2D eigenvalue weighted by Crippen LogP contribution is 2.21. The lowest BCUT2D eigenvalue weighted by molar-refractivity contribution is 0.0934. The Morgan fingerprint density at radius 3 is 2.60 bits per heavy atom. The van der Waals surface area contributed by atoms with Gasteiger partial charge in [-0.1, -0.05) is 0 Å². The number of carbonyl (C=O) groups excluding carboxylic acids is 1. The summed E-state index contributed by atoms with van der Waals surface area (Å²) in [6, 6.07) is 1.74. The Hall–Kier alpha value is -2.41. The maximum absolute atomic E-state index is 12.1. The molecule has 0 spiro atoms. The Labute approximate surface area is 116 Å². The van der Waals surface area contributed by atoms with Crippen LogP contribution in [0.3, 0.4) is 0 Å². The molecule has 0 aliphatic carbocycles. The molecule has 7 heteroatoms. The largest absolute Gasteiger partial charge is 0.466 e. The normalized spacial score (nSPS) is 12.0. The summed E-state index contributed by atoms with van der Waals surface area (Å²) in [5, 5.41) is 2.85. The maximum Gasteiger partial charge on any atom is 0.271 e. The number of hydrogen-bond acceptors (Lipinski definition) is 6. The van der Waals surface area contributed by atoms with Gasteiger partial charge in [0.05, 0.1) is 18.4 Å². The Balaban J connectivity index is 2.08. The van der Waals surface area contributed by atoms with E-state index in [1.807, 2.05) is 26.8 Å². The van der Waals surface area contributed by atoms with Crippen LogP contribution in [0.25, 0.3) is 0 Å². The van der Waals surface area contributed by atoms with Crippen LogP contribution in [0.2, 0.25) is 0 Å². The molecule has 0 aromatic carbocycles. The third-order valence-electron chi connectivity index (χ3n) is 2.93. The zero-order chi connectivity index (χ0) is 14.7. The first kappa shape index (κ1) is 14.0. The smallest absolute Gasteiger partial charge is 0.271 e. The summed E-state index contributed by atoms with van der Waals surface area (Å²) in [7, 11) is 0. The van der Waals surface area contributed by atoms with Gasteiger partial charge in [0, 0.05) is 5.56 Å². The first-order valence-corrected chi connectivity index (χ1v) is 6.17. The number of rotatable bonds is 4. The van der Waals surface area contributed by atoms with Crippen molar-refractivity contribution < 1.29 is 9.21 Å². The first-order chi connectivity index (χ1) is 9.51. The van der Waals surface area contributed by atoms with E-state index in [0.29, 0.717) is 5.82 Å². The van der Waals surface area contributed by atoms with Crippen LogP contribution in [0, 0.1) is 13.8 Å². The summed E-state index contributed by atoms with van der Waals surface area (Å²) in [5.74, 6) is 6.90. The number of aryl methyl sites for hydroxylation is 2. The van der Waals surface area contributed by atoms with E-state index in [1.165, 1.54) is 12.4 Å². The number of nitrogen functional groups attached to an aromatic ring is 1. The van der Waals surface area contributed by atoms with Crippen LogP contribution in [0.15, 0.2) is 22.9 Å². The molecule has 2 rings (SSSR count). The highest BCUT2D eigenvalue weighted by molar-refractivity contribution is 5.92. The van der Waals surface area contributed by atoms with Gasteiger partial charge in [-0.3, -0.25) is 4.79 Å². The fourth-order valence-electron chi connectivity index (χ4n) is 1.95. The van der Waals surface area contributed by atoms with E-state index in [-0.39, 0.29) is 17.6 Å². The molecule has 1 unspecified atom stereocenters. The molecule has 0 radical (unpaired) electrons. The molecule has 0 bridgehead atoms. The number of hydrogen-bond donors (Lipinski definition) is 3. The van der Waals surface area contributed by atoms with Crippen LogP contribution in [0.1, 0.15) is 40.5 Å². The lowest BCUT2D eigenvalue weighted by Crippen LogP contribution is -2.27. The van der Waals surface area contributed by atoms with E-state index in [0.717, 1.165) is 17.1 Å². The number of nitrogens with two attached hydrogens (primary N) is 1. The number of nitrogens with zero attached hydrogens (tertiary/aromatic N) is 2. The van der Waals surface area contributed by atoms with Crippen LogP contribution < -0.4 is 16.6 Å². The van der Waals surface area contributed by atoms with Gasteiger partial charge in [0.25, 0.3) is 5.91 Å². The Morgan fingerprint density at radius 1 is 1.35 bits per heavy atom. The number of hydrazine groups is 1. The molecule has 2 heterocycles. The number of furan rings is 1. The van der Waals surface area contributed by atoms with Crippen molar-refractivity contribution in [1.82, 2.24) is 15.3 Å². The lowest BCUT2D eigenvalue weighted by atomic mass is 10.1. The van der Waals surface area contributed by atoms with Crippen LogP contribution in [0.5, 0.6) is 0 Å². The SMILES string of the molecule is Cc1cc(C(C)NC(=O)c2cnc(NN)cn2)c(C)o1. The Kier molecular flexibility index (Phi) is 3.99. The molecule has 4 N–H and O–H groups in total. The van der Waals surface area contributed by atoms with Crippen molar-refractivity contribution in [2.24, 2.45) is 5.84 Å². The second-order valence-electron chi connectivity index (χ2n) is 4.49. The zero-order valence-corrected chi connectivity index (χ0v) is 11.6. The quantitative estimate of drug-likeness (QED) is 0.576. The van der Waals surface area contributed by atoms with Crippen LogP contribution in [-0.2, 0) is 0 Å². The molecule has 20 heavy (non-hydrogen) atoms. The van der Waals surface area contributed by atoms with Crippen molar-refractivity contribution in [2.45, 2.75) is 26.8 Å². The molecule has 0 saturated carbocycles. The van der Waals surface area contributed by atoms with Crippen molar-refractivity contribution in [2.75, 3.05) is 5.43 Å². The van der Waals surface area contributed by atoms with Gasteiger partial charge < -0.3 is 15.2 Å². The van der Waals surface area contributed by atoms with Crippen LogP contribution >= 0.6 is 0 Å². The summed E-state index contributed by atoms with van der Waals surface area (Å²) in [6.45, 7) is 5.62. The molecule has 2 aromatic heterocycles. The minimum atomic E-state index is -0.299. The van der Waals surface area contributed by atoms with Gasteiger partial charge in [-0.25, -0.2) is 15.8 Å². The highest BCUT2D eigenvalue weighted by atomic mass is 16.3. The zero-order valence-electron chi connectivity index (χ0n) is 11.6. The van der Waals surface area contributed by atoms with E-state index in [1.54, 1.807) is 0 Å². The van der Waals surface area contributed by atoms with Gasteiger partial charge in [0.1, 0.15) is 17.2 Å². The van der Waals surface area contributed by atoms with Gasteiger partial charge in [0.2, 0.25) is 0 Å². The predicted octanol–water partition coefficient (Wildman–Crippen LogP) is 1.46. The van der Waals surface area contributed by atoms with Gasteiger partial charge in [-0.2, -0.15) is 0 Å². The van der Waals surface area contributed by atoms with Gasteiger partial charge in [0.15, 0.2) is 5.82 Å². The lowest BCUT2D eigenvalue weighted by Gasteiger charge is -2.12. The third-order valence-corrected chi connectivity index (χ3v) is 2.93. The van der Waals surface area contributed by atoms with Crippen molar-refractivity contribution in [3.63, 3.8) is 0 Å². The summed E-state index contributed by atoms with van der Waals surface area (Å²) in [5.41, 5.74) is 3.53. The van der Waals surface area contributed by atoms with Crippen molar-refractivity contribution in [3.8, 4) is 0 Å². The van der Waals surface area contributed by atoms with Crippen LogP contribution in [0.4, 0.5) is 5.82 Å². The molecule has 7 nitrogen and oxygen atoms in total. The van der Waals surface area contributed by atoms with Crippen molar-refractivity contribution >= 4 is 11.7 Å². The summed E-state index contributed by atoms with van der Waals surface area (Å²) < 4.78 is 5.45. The molecule has 106 valence electrons. The molecule has 2 aromatic rings. The van der Waals surface area contributed by atoms with E-state index >= 15 is 0 Å². The second-order valence-corrected chi connectivity index (χ2v) is 4.49. The number of nitrogens with one attached hydrogen (secondary N) is 2. The van der Waals surface area contributed by atoms with Crippen LogP contribution in [-0.4, -0.2) is 15.9 Å². The third kappa shape index (κ3) is 2.94. The second kappa shape index (κ2) is 5.70. The van der Waals surface area contributed by atoms with E-state index in [9.17, 15) is 4.79 Å². The standard InChI is InChI=1S/C13H17N5O2/c1-7-4-10(9(3)20-7)8(2)17-13(19)11-5-16-12(18-14)6-15-11/h4-6,8H,14H2,1-3H3,(H,16,18)(H,17,19). The molecule has 1 amide bonds. The molecular formula is C13H17N5O2. The fourth-order valence-corrected chi connectivity index (χ4v) is 1.95. The van der Waals surface area contributed by atoms with Gasteiger partial charge in [-0.05, 0) is 26.8 Å². The maximum atomic E-state index is 12.1. The summed E-state index contributed by atoms with van der Waals surface area (Å²) in [6.07, 6.45) is 2.76. The van der Waals surface area contributed by atoms with E-state index in [4.69, 9.17) is 10.3 Å². The van der Waals surface area contributed by atoms with E-state index in [2.05, 4.69) is 20.7 Å². The summed E-state index contributed by atoms with van der Waals surface area (Å²) >= 11 is 0. The molecule has 0 aliphatic rings. The van der Waals surface area contributed by atoms with Crippen molar-refractivity contribution in [1.29, 1.82) is 0 Å². The summed E-state index contributed by atoms with van der Waals surface area (Å²) in [4.78, 5) is 20.0. The number of aromatic nitrogens is 2. The first-order valence-electron chi connectivity index (χ1n) is 6.17. The minimum Gasteiger partial charge on any atom is -0.466 e. The van der Waals surface area contributed by atoms with Gasteiger partial charge >= 0.3 is 0 Å². The van der Waals surface area contributed by atoms with Crippen molar-refractivity contribution in [3.05, 3.63) is 41.2 Å². The topological polar surface area (TPSA) is 106 Å². The number of anilines is 1. The molecule has 1 atom stereocenters. The van der Waals surface area contributed by atoms with E-state index < -0.39 is 0 Å². The Morgan fingerprint density at radius 2 is 2.10 bits per heavy atom. The Bertz CT molecular complexity index is 606. The molecular weight excluding hydrogens is 258 g/mol. The average molecular weight is 275 g/mol. The minimum absolute atomic E-state index is 0.172. The number of carbonyl (C=O) groups is 1. The molecule has 0 aliphatic heterocycles.